The van der Waals surface area contributed by atoms with Crippen LogP contribution >= 0.6 is 0 Å². The number of fused-ring (bicyclic) bond motifs is 1. The predicted molar refractivity (Wildman–Crippen MR) is 161 cm³/mol. The molecule has 1 N–H and O–H groups in total. The van der Waals surface area contributed by atoms with Crippen LogP contribution in [0.1, 0.15) is 58.4 Å². The molecule has 0 saturated carbocycles. The maximum absolute atomic E-state index is 13.5. The molecule has 206 valence electrons. The Bertz CT molecular complexity index is 1180. The molecule has 0 aliphatic carbocycles. The quantitative estimate of drug-likeness (QED) is 0.144. The van der Waals surface area contributed by atoms with E-state index in [1.807, 2.05) is 6.08 Å². The van der Waals surface area contributed by atoms with Crippen molar-refractivity contribution in [2.45, 2.75) is 59.8 Å². The third-order valence-electron chi connectivity index (χ3n) is 8.01. The number of hydrogen-bond donors (Lipinski definition) is 1. The average molecular weight is 519 g/mol. The van der Waals surface area contributed by atoms with Gasteiger partial charge in [0.2, 0.25) is 0 Å². The highest BCUT2D eigenvalue weighted by molar-refractivity contribution is 5.98. The minimum atomic E-state index is 0.169. The average Bonchev–Trinajstić information content (AvgIpc) is 3.19. The first-order chi connectivity index (χ1) is 18.0. The smallest absolute Gasteiger partial charge is 0.162 e. The molecule has 2 aliphatic heterocycles. The van der Waals surface area contributed by atoms with Gasteiger partial charge in [-0.1, -0.05) is 38.1 Å². The maximum atomic E-state index is 13.5. The van der Waals surface area contributed by atoms with Crippen LogP contribution in [-0.4, -0.2) is 51.6 Å². The minimum Gasteiger partial charge on any atom is -0.500 e. The second kappa shape index (κ2) is 12.7. The van der Waals surface area contributed by atoms with E-state index in [0.717, 1.165) is 77.2 Å². The zero-order chi connectivity index (χ0) is 28.0. The molecule has 1 unspecified atom stereocenters. The molecule has 0 radical (unpaired) electrons. The van der Waals surface area contributed by atoms with Crippen molar-refractivity contribution in [2.75, 3.05) is 51.6 Å². The zero-order valence-corrected chi connectivity index (χ0v) is 24.9. The standard InChI is InChI=1S/C33H48N3O2/c1-10-24(3)25(4)20-27(21-26(5)28-22-36(7,8)18-17-32(28)38-9)31(37)13-11-12-14-33-34-29-16-15-23(2)19-30(29)35(33)6/h14-16,19-21,24,34H,5,10-13,17-18,22H2,1-4,6-9H3/q+1/b25-20-,27-21+,33-14-. The SMILES string of the molecule is C=C(/C=C(\C=C(\C)C(C)CC)C(=O)CCC/C=C1/Nc2ccc(C)cc2N1C)C1=C(OC)CC[N+](C)(C)C1. The number of carbonyl (C=O) groups is 1. The monoisotopic (exact) mass is 518 g/mol. The molecule has 5 nitrogen and oxygen atoms in total. The highest BCUT2D eigenvalue weighted by atomic mass is 16.5. The van der Waals surface area contributed by atoms with Crippen LogP contribution in [0.5, 0.6) is 0 Å². The number of Topliss-reactive ketones (excluding diaryl/α,β-unsaturated/α-hetero) is 1. The molecular weight excluding hydrogens is 470 g/mol. The third-order valence-corrected chi connectivity index (χ3v) is 8.01. The third kappa shape index (κ3) is 7.28. The van der Waals surface area contributed by atoms with Crippen LogP contribution in [0.25, 0.3) is 0 Å². The first-order valence-corrected chi connectivity index (χ1v) is 14.0. The number of methoxy groups -OCH3 is 1. The summed E-state index contributed by atoms with van der Waals surface area (Å²) in [5, 5.41) is 3.50. The molecule has 1 atom stereocenters. The minimum absolute atomic E-state index is 0.169. The Hall–Kier alpha value is -3.05. The van der Waals surface area contributed by atoms with Crippen LogP contribution in [0, 0.1) is 12.8 Å². The largest absolute Gasteiger partial charge is 0.500 e. The van der Waals surface area contributed by atoms with E-state index < -0.39 is 0 Å². The van der Waals surface area contributed by atoms with E-state index in [4.69, 9.17) is 4.74 Å². The Balaban J connectivity index is 1.74. The Morgan fingerprint density at radius 3 is 2.71 bits per heavy atom. The number of rotatable bonds is 11. The second-order valence-electron chi connectivity index (χ2n) is 11.6. The van der Waals surface area contributed by atoms with Gasteiger partial charge in [0.05, 0.1) is 51.1 Å². The summed E-state index contributed by atoms with van der Waals surface area (Å²) >= 11 is 0. The maximum Gasteiger partial charge on any atom is 0.162 e. The lowest BCUT2D eigenvalue weighted by Crippen LogP contribution is -2.45. The summed E-state index contributed by atoms with van der Waals surface area (Å²) in [6.07, 6.45) is 10.3. The van der Waals surface area contributed by atoms with E-state index in [2.05, 4.69) is 96.0 Å². The van der Waals surface area contributed by atoms with Crippen molar-refractivity contribution < 1.29 is 14.0 Å². The number of benzene rings is 1. The number of unbranched alkanes of at least 4 members (excludes halogenated alkanes) is 1. The van der Waals surface area contributed by atoms with Crippen molar-refractivity contribution in [3.05, 3.63) is 82.4 Å². The fraction of sp³-hybridized carbons (Fsp3) is 0.485. The Morgan fingerprint density at radius 1 is 1.29 bits per heavy atom. The number of nitrogens with zero attached hydrogens (tertiary/aromatic N) is 2. The molecule has 2 heterocycles. The van der Waals surface area contributed by atoms with Crippen LogP contribution in [0.15, 0.2) is 76.9 Å². The van der Waals surface area contributed by atoms with Crippen molar-refractivity contribution in [1.29, 1.82) is 0 Å². The lowest BCUT2D eigenvalue weighted by molar-refractivity contribution is -0.887. The summed E-state index contributed by atoms with van der Waals surface area (Å²) in [4.78, 5) is 15.7. The van der Waals surface area contributed by atoms with Gasteiger partial charge >= 0.3 is 0 Å². The van der Waals surface area contributed by atoms with Gasteiger partial charge in [-0.25, -0.2) is 0 Å². The molecule has 5 heteroatoms. The zero-order valence-electron chi connectivity index (χ0n) is 24.9. The van der Waals surface area contributed by atoms with Gasteiger partial charge in [-0.3, -0.25) is 4.79 Å². The number of anilines is 2. The molecular formula is C33H48N3O2+. The van der Waals surface area contributed by atoms with Crippen molar-refractivity contribution >= 4 is 17.2 Å². The molecule has 0 spiro atoms. The van der Waals surface area contributed by atoms with Crippen molar-refractivity contribution in [3.8, 4) is 0 Å². The predicted octanol–water partition coefficient (Wildman–Crippen LogP) is 7.29. The number of hydrogen-bond acceptors (Lipinski definition) is 4. The van der Waals surface area contributed by atoms with Crippen LogP contribution < -0.4 is 10.2 Å². The van der Waals surface area contributed by atoms with Crippen LogP contribution in [0.2, 0.25) is 0 Å². The molecule has 0 amide bonds. The number of allylic oxidation sites excluding steroid dienone is 5. The first kappa shape index (κ1) is 29.5. The Labute approximate surface area is 230 Å². The molecule has 0 fully saturated rings. The molecule has 1 aromatic carbocycles. The number of likely N-dealkylation sites (N-methyl/N-ethyl adjacent to an activating group) is 1. The molecule has 2 aliphatic rings. The second-order valence-corrected chi connectivity index (χ2v) is 11.6. The van der Waals surface area contributed by atoms with Gasteiger partial charge in [-0.05, 0) is 74.4 Å². The number of nitrogens with one attached hydrogen (secondary N) is 1. The van der Waals surface area contributed by atoms with Crippen molar-refractivity contribution in [2.24, 2.45) is 5.92 Å². The van der Waals surface area contributed by atoms with E-state index in [9.17, 15) is 4.79 Å². The van der Waals surface area contributed by atoms with Gasteiger partial charge in [0.25, 0.3) is 0 Å². The summed E-state index contributed by atoms with van der Waals surface area (Å²) in [7, 11) is 8.28. The molecule has 38 heavy (non-hydrogen) atoms. The van der Waals surface area contributed by atoms with Crippen LogP contribution in [0.3, 0.4) is 0 Å². The molecule has 1 aromatic rings. The lowest BCUT2D eigenvalue weighted by Gasteiger charge is -2.35. The Morgan fingerprint density at radius 2 is 2.03 bits per heavy atom. The summed E-state index contributed by atoms with van der Waals surface area (Å²) in [5.41, 5.74) is 7.55. The van der Waals surface area contributed by atoms with Gasteiger partial charge in [0.15, 0.2) is 5.78 Å². The fourth-order valence-corrected chi connectivity index (χ4v) is 5.05. The summed E-state index contributed by atoms with van der Waals surface area (Å²) in [5.74, 6) is 2.67. The summed E-state index contributed by atoms with van der Waals surface area (Å²) in [6, 6.07) is 6.44. The highest BCUT2D eigenvalue weighted by Gasteiger charge is 2.28. The van der Waals surface area contributed by atoms with Gasteiger partial charge in [0, 0.05) is 19.0 Å². The van der Waals surface area contributed by atoms with Crippen molar-refractivity contribution in [1.82, 2.24) is 0 Å². The van der Waals surface area contributed by atoms with Crippen LogP contribution in [-0.2, 0) is 9.53 Å². The lowest BCUT2D eigenvalue weighted by atomic mass is 9.92. The van der Waals surface area contributed by atoms with Gasteiger partial charge in [-0.15, -0.1) is 0 Å². The molecule has 0 saturated heterocycles. The Kier molecular flexibility index (Phi) is 9.83. The normalized spacial score (nSPS) is 19.4. The van der Waals surface area contributed by atoms with Crippen molar-refractivity contribution in [3.63, 3.8) is 0 Å². The highest BCUT2D eigenvalue weighted by Crippen LogP contribution is 2.36. The number of aryl methyl sites for hydroxylation is 1. The molecule has 0 aromatic heterocycles. The van der Waals surface area contributed by atoms with Crippen LogP contribution in [0.4, 0.5) is 11.4 Å². The number of carbonyl (C=O) groups excluding carboxylic acids is 1. The number of ketones is 1. The van der Waals surface area contributed by atoms with E-state index >= 15 is 0 Å². The van der Waals surface area contributed by atoms with E-state index in [1.54, 1.807) is 7.11 Å². The first-order valence-electron chi connectivity index (χ1n) is 14.0. The van der Waals surface area contributed by atoms with E-state index in [1.165, 1.54) is 16.8 Å². The van der Waals surface area contributed by atoms with Gasteiger partial charge < -0.3 is 19.4 Å². The number of ether oxygens (including phenoxy) is 1. The van der Waals surface area contributed by atoms with Gasteiger partial charge in [0.1, 0.15) is 18.1 Å². The molecule has 0 bridgehead atoms. The van der Waals surface area contributed by atoms with Gasteiger partial charge in [-0.2, -0.15) is 0 Å². The topological polar surface area (TPSA) is 41.6 Å². The number of quaternary nitrogens is 1. The van der Waals surface area contributed by atoms with E-state index in [-0.39, 0.29) is 5.78 Å². The van der Waals surface area contributed by atoms with E-state index in [0.29, 0.717) is 12.3 Å². The molecule has 3 rings (SSSR count). The fourth-order valence-electron chi connectivity index (χ4n) is 5.05. The summed E-state index contributed by atoms with van der Waals surface area (Å²) in [6.45, 7) is 14.9. The summed E-state index contributed by atoms with van der Waals surface area (Å²) < 4.78 is 6.62.